The van der Waals surface area contributed by atoms with E-state index in [0.717, 1.165) is 11.3 Å². The van der Waals surface area contributed by atoms with Crippen molar-refractivity contribution in [1.29, 1.82) is 0 Å². The lowest BCUT2D eigenvalue weighted by molar-refractivity contribution is -0.121. The van der Waals surface area contributed by atoms with E-state index in [9.17, 15) is 13.2 Å². The van der Waals surface area contributed by atoms with Gasteiger partial charge in [0.1, 0.15) is 0 Å². The minimum Gasteiger partial charge on any atom is -0.362 e. The lowest BCUT2D eigenvalue weighted by atomic mass is 10.2. The van der Waals surface area contributed by atoms with Crippen molar-refractivity contribution >= 4 is 50.4 Å². The van der Waals surface area contributed by atoms with Crippen LogP contribution in [0.25, 0.3) is 0 Å². The van der Waals surface area contributed by atoms with E-state index in [-0.39, 0.29) is 29.9 Å². The van der Waals surface area contributed by atoms with Gasteiger partial charge in [0.25, 0.3) is 0 Å². The molecule has 1 amide bonds. The Hall–Kier alpha value is -1.38. The zero-order chi connectivity index (χ0) is 17.7. The van der Waals surface area contributed by atoms with E-state index in [0.29, 0.717) is 23.1 Å². The van der Waals surface area contributed by atoms with Gasteiger partial charge >= 0.3 is 0 Å². The van der Waals surface area contributed by atoms with Gasteiger partial charge in [0.05, 0.1) is 11.5 Å². The normalized spacial score (nSPS) is 18.8. The van der Waals surface area contributed by atoms with E-state index in [4.69, 9.17) is 23.8 Å². The summed E-state index contributed by atoms with van der Waals surface area (Å²) in [4.78, 5) is 11.8. The van der Waals surface area contributed by atoms with Crippen molar-refractivity contribution in [1.82, 2.24) is 10.6 Å². The third-order valence-electron chi connectivity index (χ3n) is 3.75. The van der Waals surface area contributed by atoms with E-state index in [2.05, 4.69) is 16.0 Å². The molecule has 1 fully saturated rings. The lowest BCUT2D eigenvalue weighted by Gasteiger charge is -2.14. The van der Waals surface area contributed by atoms with Crippen LogP contribution in [0.5, 0.6) is 0 Å². The Kier molecular flexibility index (Phi) is 6.42. The monoisotopic (exact) mass is 389 g/mol. The molecule has 0 bridgehead atoms. The van der Waals surface area contributed by atoms with Gasteiger partial charge in [-0.1, -0.05) is 17.7 Å². The number of amides is 1. The molecule has 1 saturated heterocycles. The molecular formula is C15H20ClN3O3S2. The Bertz CT molecular complexity index is 737. The number of anilines is 1. The highest BCUT2D eigenvalue weighted by Crippen LogP contribution is 2.22. The molecule has 0 aliphatic carbocycles. The predicted octanol–water partition coefficient (Wildman–Crippen LogP) is 1.63. The third kappa shape index (κ3) is 5.61. The Morgan fingerprint density at radius 1 is 1.42 bits per heavy atom. The van der Waals surface area contributed by atoms with Crippen LogP contribution >= 0.6 is 23.8 Å². The molecule has 9 heteroatoms. The molecule has 24 heavy (non-hydrogen) atoms. The summed E-state index contributed by atoms with van der Waals surface area (Å²) >= 11 is 11.2. The van der Waals surface area contributed by atoms with Gasteiger partial charge in [0.15, 0.2) is 14.9 Å². The fourth-order valence-electron chi connectivity index (χ4n) is 2.41. The van der Waals surface area contributed by atoms with Crippen LogP contribution in [0, 0.1) is 6.92 Å². The van der Waals surface area contributed by atoms with Crippen molar-refractivity contribution in [2.45, 2.75) is 25.8 Å². The number of hydrogen-bond donors (Lipinski definition) is 3. The molecule has 3 N–H and O–H groups in total. The van der Waals surface area contributed by atoms with Crippen molar-refractivity contribution < 1.29 is 13.2 Å². The van der Waals surface area contributed by atoms with E-state index in [1.165, 1.54) is 0 Å². The van der Waals surface area contributed by atoms with E-state index in [1.54, 1.807) is 6.07 Å². The maximum atomic E-state index is 11.8. The van der Waals surface area contributed by atoms with Crippen molar-refractivity contribution in [3.05, 3.63) is 28.8 Å². The molecule has 1 aliphatic rings. The second-order valence-corrected chi connectivity index (χ2v) is 8.75. The van der Waals surface area contributed by atoms with Gasteiger partial charge in [0.2, 0.25) is 5.91 Å². The van der Waals surface area contributed by atoms with Gasteiger partial charge in [-0.25, -0.2) is 8.42 Å². The largest absolute Gasteiger partial charge is 0.362 e. The van der Waals surface area contributed by atoms with Gasteiger partial charge in [-0.05, 0) is 43.3 Å². The van der Waals surface area contributed by atoms with Gasteiger partial charge in [-0.2, -0.15) is 0 Å². The van der Waals surface area contributed by atoms with Crippen LogP contribution in [0.1, 0.15) is 18.4 Å². The number of halogens is 1. The zero-order valence-corrected chi connectivity index (χ0v) is 15.7. The van der Waals surface area contributed by atoms with Crippen LogP contribution in [0.3, 0.4) is 0 Å². The molecule has 2 rings (SSSR count). The molecule has 1 atom stereocenters. The molecular weight excluding hydrogens is 370 g/mol. The lowest BCUT2D eigenvalue weighted by Crippen LogP contribution is -2.38. The maximum Gasteiger partial charge on any atom is 0.222 e. The molecule has 0 spiro atoms. The topological polar surface area (TPSA) is 87.3 Å². The molecule has 1 aromatic carbocycles. The Morgan fingerprint density at radius 3 is 2.83 bits per heavy atom. The maximum absolute atomic E-state index is 11.8. The number of rotatable bonds is 5. The second kappa shape index (κ2) is 8.13. The molecule has 0 saturated carbocycles. The van der Waals surface area contributed by atoms with E-state index >= 15 is 0 Å². The zero-order valence-electron chi connectivity index (χ0n) is 13.3. The molecule has 1 aromatic rings. The molecule has 1 unspecified atom stereocenters. The fourth-order valence-corrected chi connectivity index (χ4v) is 4.47. The number of thiocarbonyl (C=S) groups is 1. The fraction of sp³-hybridized carbons (Fsp3) is 0.467. The number of nitrogens with one attached hydrogen (secondary N) is 3. The first-order valence-electron chi connectivity index (χ1n) is 7.56. The third-order valence-corrected chi connectivity index (χ3v) is 6.17. The van der Waals surface area contributed by atoms with Gasteiger partial charge in [0, 0.05) is 29.7 Å². The average Bonchev–Trinajstić information content (AvgIpc) is 2.82. The van der Waals surface area contributed by atoms with Crippen LogP contribution in [0.4, 0.5) is 5.69 Å². The minimum absolute atomic E-state index is 0.0280. The summed E-state index contributed by atoms with van der Waals surface area (Å²) < 4.78 is 22.7. The molecule has 1 heterocycles. The highest BCUT2D eigenvalue weighted by atomic mass is 35.5. The molecule has 1 aliphatic heterocycles. The van der Waals surface area contributed by atoms with E-state index in [1.807, 2.05) is 19.1 Å². The number of carbonyl (C=O) groups excluding carboxylic acids is 1. The molecule has 132 valence electrons. The quantitative estimate of drug-likeness (QED) is 0.663. The smallest absolute Gasteiger partial charge is 0.222 e. The van der Waals surface area contributed by atoms with Gasteiger partial charge in [-0.15, -0.1) is 0 Å². The molecule has 6 nitrogen and oxygen atoms in total. The summed E-state index contributed by atoms with van der Waals surface area (Å²) in [5.74, 6) is -0.0186. The SMILES string of the molecule is Cc1c(Cl)cccc1NC(=S)NCCC(=O)NC1CCS(=O)(=O)C1. The number of hydrogen-bond acceptors (Lipinski definition) is 4. The van der Waals surface area contributed by atoms with Crippen LogP contribution in [-0.2, 0) is 14.6 Å². The first-order chi connectivity index (χ1) is 11.3. The van der Waals surface area contributed by atoms with Crippen molar-refractivity contribution in [2.75, 3.05) is 23.4 Å². The van der Waals surface area contributed by atoms with Gasteiger partial charge < -0.3 is 16.0 Å². The van der Waals surface area contributed by atoms with E-state index < -0.39 is 9.84 Å². The van der Waals surface area contributed by atoms with Crippen molar-refractivity contribution in [3.8, 4) is 0 Å². The van der Waals surface area contributed by atoms with Crippen LogP contribution in [0.15, 0.2) is 18.2 Å². The molecule has 0 radical (unpaired) electrons. The Labute approximate surface area is 152 Å². The summed E-state index contributed by atoms with van der Waals surface area (Å²) in [7, 11) is -2.99. The minimum atomic E-state index is -2.99. The second-order valence-electron chi connectivity index (χ2n) is 5.71. The number of sulfone groups is 1. The van der Waals surface area contributed by atoms with Crippen LogP contribution in [-0.4, -0.2) is 43.5 Å². The van der Waals surface area contributed by atoms with Crippen molar-refractivity contribution in [3.63, 3.8) is 0 Å². The summed E-state index contributed by atoms with van der Waals surface area (Å²) in [5, 5.41) is 9.76. The van der Waals surface area contributed by atoms with Crippen molar-refractivity contribution in [2.24, 2.45) is 0 Å². The first kappa shape index (κ1) is 19.0. The summed E-state index contributed by atoms with van der Waals surface area (Å²) in [6, 6.07) is 5.21. The standard InChI is InChI=1S/C15H20ClN3O3S2/c1-10-12(16)3-2-4-13(10)19-15(23)17-7-5-14(20)18-11-6-8-24(21,22)9-11/h2-4,11H,5-9H2,1H3,(H,18,20)(H2,17,19,23). The summed E-state index contributed by atoms with van der Waals surface area (Å²) in [6.07, 6.45) is 0.697. The van der Waals surface area contributed by atoms with Crippen LogP contribution < -0.4 is 16.0 Å². The highest BCUT2D eigenvalue weighted by molar-refractivity contribution is 7.91. The first-order valence-corrected chi connectivity index (χ1v) is 10.2. The van der Waals surface area contributed by atoms with Crippen LogP contribution in [0.2, 0.25) is 5.02 Å². The predicted molar refractivity (Wildman–Crippen MR) is 100 cm³/mol. The van der Waals surface area contributed by atoms with Gasteiger partial charge in [-0.3, -0.25) is 4.79 Å². The average molecular weight is 390 g/mol. The number of carbonyl (C=O) groups is 1. The summed E-state index contributed by atoms with van der Waals surface area (Å²) in [5.41, 5.74) is 1.70. The highest BCUT2D eigenvalue weighted by Gasteiger charge is 2.28. The summed E-state index contributed by atoms with van der Waals surface area (Å²) in [6.45, 7) is 2.24. The molecule has 0 aromatic heterocycles. The Morgan fingerprint density at radius 2 is 2.17 bits per heavy atom. The Balaban J connectivity index is 1.71. The number of benzene rings is 1.